The molecule has 0 radical (unpaired) electrons. The average Bonchev–Trinajstić information content (AvgIpc) is 2.76. The van der Waals surface area contributed by atoms with Crippen molar-refractivity contribution >= 4 is 0 Å². The van der Waals surface area contributed by atoms with Gasteiger partial charge in [-0.2, -0.15) is 0 Å². The number of hydrogen-bond donors (Lipinski definition) is 1. The number of benzene rings is 1. The van der Waals surface area contributed by atoms with E-state index in [0.717, 1.165) is 0 Å². The second kappa shape index (κ2) is 5.27. The van der Waals surface area contributed by atoms with Gasteiger partial charge in [-0.15, -0.1) is 0 Å². The van der Waals surface area contributed by atoms with Crippen LogP contribution < -0.4 is 5.73 Å². The van der Waals surface area contributed by atoms with E-state index in [1.54, 1.807) is 6.20 Å². The van der Waals surface area contributed by atoms with Gasteiger partial charge in [-0.1, -0.05) is 6.92 Å². The predicted octanol–water partition coefficient (Wildman–Crippen LogP) is 2.21. The Balaban J connectivity index is 2.52. The SMILES string of the molecule is CCc1nccn1-c1c(F)cc(CCN)cc1F. The van der Waals surface area contributed by atoms with Crippen LogP contribution in [0.3, 0.4) is 0 Å². The zero-order valence-corrected chi connectivity index (χ0v) is 10.2. The topological polar surface area (TPSA) is 43.8 Å². The minimum atomic E-state index is -0.592. The minimum absolute atomic E-state index is 0.0786. The highest BCUT2D eigenvalue weighted by Gasteiger charge is 2.15. The largest absolute Gasteiger partial charge is 0.330 e. The Bertz CT molecular complexity index is 526. The van der Waals surface area contributed by atoms with E-state index < -0.39 is 11.6 Å². The molecule has 0 bridgehead atoms. The molecule has 1 aromatic carbocycles. The first-order valence-corrected chi connectivity index (χ1v) is 5.88. The molecule has 5 heteroatoms. The van der Waals surface area contributed by atoms with Crippen molar-refractivity contribution in [2.45, 2.75) is 19.8 Å². The van der Waals surface area contributed by atoms with Crippen LogP contribution in [0, 0.1) is 11.6 Å². The highest BCUT2D eigenvalue weighted by atomic mass is 19.1. The fourth-order valence-corrected chi connectivity index (χ4v) is 1.96. The Morgan fingerprint density at radius 3 is 2.50 bits per heavy atom. The summed E-state index contributed by atoms with van der Waals surface area (Å²) in [6.07, 6.45) is 4.16. The molecule has 0 aliphatic rings. The molecule has 2 N–H and O–H groups in total. The van der Waals surface area contributed by atoms with Crippen molar-refractivity contribution in [1.29, 1.82) is 0 Å². The van der Waals surface area contributed by atoms with E-state index in [0.29, 0.717) is 30.8 Å². The zero-order chi connectivity index (χ0) is 13.1. The molecule has 0 atom stereocenters. The second-order valence-corrected chi connectivity index (χ2v) is 4.01. The van der Waals surface area contributed by atoms with Crippen molar-refractivity contribution in [2.75, 3.05) is 6.54 Å². The fraction of sp³-hybridized carbons (Fsp3) is 0.308. The van der Waals surface area contributed by atoms with Gasteiger partial charge in [0, 0.05) is 18.8 Å². The first-order valence-electron chi connectivity index (χ1n) is 5.88. The van der Waals surface area contributed by atoms with Crippen LogP contribution in [0.1, 0.15) is 18.3 Å². The lowest BCUT2D eigenvalue weighted by Gasteiger charge is -2.10. The Labute approximate surface area is 104 Å². The van der Waals surface area contributed by atoms with Crippen molar-refractivity contribution < 1.29 is 8.78 Å². The maximum atomic E-state index is 14.0. The molecule has 18 heavy (non-hydrogen) atoms. The summed E-state index contributed by atoms with van der Waals surface area (Å²) < 4.78 is 29.4. The molecule has 0 saturated carbocycles. The van der Waals surface area contributed by atoms with Gasteiger partial charge < -0.3 is 5.73 Å². The Kier molecular flexibility index (Phi) is 3.72. The van der Waals surface area contributed by atoms with Gasteiger partial charge in [0.15, 0.2) is 11.6 Å². The number of rotatable bonds is 4. The minimum Gasteiger partial charge on any atom is -0.330 e. The summed E-state index contributed by atoms with van der Waals surface area (Å²) in [5.41, 5.74) is 5.86. The van der Waals surface area contributed by atoms with Crippen LogP contribution in [-0.2, 0) is 12.8 Å². The quantitative estimate of drug-likeness (QED) is 0.905. The van der Waals surface area contributed by atoms with Gasteiger partial charge in [-0.25, -0.2) is 13.8 Å². The average molecular weight is 251 g/mol. The predicted molar refractivity (Wildman–Crippen MR) is 65.6 cm³/mol. The van der Waals surface area contributed by atoms with Crippen LogP contribution in [-0.4, -0.2) is 16.1 Å². The number of imidazole rings is 1. The third-order valence-electron chi connectivity index (χ3n) is 2.78. The molecule has 3 nitrogen and oxygen atoms in total. The summed E-state index contributed by atoms with van der Waals surface area (Å²) in [5, 5.41) is 0. The summed E-state index contributed by atoms with van der Waals surface area (Å²) in [5.74, 6) is -0.559. The fourth-order valence-electron chi connectivity index (χ4n) is 1.96. The van der Waals surface area contributed by atoms with E-state index in [2.05, 4.69) is 4.98 Å². The number of halogens is 2. The van der Waals surface area contributed by atoms with Crippen LogP contribution in [0.25, 0.3) is 5.69 Å². The zero-order valence-electron chi connectivity index (χ0n) is 10.2. The highest BCUT2D eigenvalue weighted by molar-refractivity contribution is 5.39. The molecular weight excluding hydrogens is 236 g/mol. The van der Waals surface area contributed by atoms with Gasteiger partial charge in [-0.3, -0.25) is 4.57 Å². The third-order valence-corrected chi connectivity index (χ3v) is 2.78. The number of hydrogen-bond acceptors (Lipinski definition) is 2. The van der Waals surface area contributed by atoms with Crippen LogP contribution in [0.4, 0.5) is 8.78 Å². The van der Waals surface area contributed by atoms with E-state index in [4.69, 9.17) is 5.73 Å². The Morgan fingerprint density at radius 2 is 1.94 bits per heavy atom. The molecule has 1 heterocycles. The monoisotopic (exact) mass is 251 g/mol. The molecular formula is C13H15F2N3. The van der Waals surface area contributed by atoms with Gasteiger partial charge in [0.2, 0.25) is 0 Å². The van der Waals surface area contributed by atoms with E-state index in [9.17, 15) is 8.78 Å². The molecule has 0 aliphatic carbocycles. The molecule has 0 amide bonds. The Morgan fingerprint density at radius 1 is 1.28 bits per heavy atom. The molecule has 96 valence electrons. The second-order valence-electron chi connectivity index (χ2n) is 4.01. The lowest BCUT2D eigenvalue weighted by Crippen LogP contribution is -2.08. The molecule has 0 fully saturated rings. The van der Waals surface area contributed by atoms with Crippen molar-refractivity contribution in [3.05, 3.63) is 47.5 Å². The van der Waals surface area contributed by atoms with Crippen molar-refractivity contribution in [3.63, 3.8) is 0 Å². The summed E-state index contributed by atoms with van der Waals surface area (Å²) in [6.45, 7) is 2.25. The van der Waals surface area contributed by atoms with Gasteiger partial charge in [0.1, 0.15) is 11.5 Å². The molecule has 0 saturated heterocycles. The van der Waals surface area contributed by atoms with E-state index >= 15 is 0 Å². The molecule has 1 aromatic heterocycles. The summed E-state index contributed by atoms with van der Waals surface area (Å²) in [4.78, 5) is 4.06. The molecule has 0 aliphatic heterocycles. The third kappa shape index (κ3) is 2.26. The number of nitrogens with two attached hydrogens (primary N) is 1. The number of aryl methyl sites for hydroxylation is 1. The first-order chi connectivity index (χ1) is 8.67. The molecule has 2 rings (SSSR count). The maximum absolute atomic E-state index is 14.0. The van der Waals surface area contributed by atoms with Crippen LogP contribution in [0.15, 0.2) is 24.5 Å². The Hall–Kier alpha value is -1.75. The normalized spacial score (nSPS) is 10.9. The number of aromatic nitrogens is 2. The van der Waals surface area contributed by atoms with Crippen molar-refractivity contribution in [1.82, 2.24) is 9.55 Å². The highest BCUT2D eigenvalue weighted by Crippen LogP contribution is 2.21. The molecule has 2 aromatic rings. The smallest absolute Gasteiger partial charge is 0.150 e. The molecule has 0 unspecified atom stereocenters. The number of nitrogens with zero attached hydrogens (tertiary/aromatic N) is 2. The standard InChI is InChI=1S/C13H15F2N3/c1-2-12-17-5-6-18(12)13-10(14)7-9(3-4-16)8-11(13)15/h5-8H,2-4,16H2,1H3. The van der Waals surface area contributed by atoms with E-state index in [1.807, 2.05) is 6.92 Å². The molecule has 0 spiro atoms. The summed E-state index contributed by atoms with van der Waals surface area (Å²) >= 11 is 0. The van der Waals surface area contributed by atoms with Gasteiger partial charge >= 0.3 is 0 Å². The van der Waals surface area contributed by atoms with Crippen LogP contribution >= 0.6 is 0 Å². The summed E-state index contributed by atoms with van der Waals surface area (Å²) in [6, 6.07) is 2.65. The lowest BCUT2D eigenvalue weighted by molar-refractivity contribution is 0.562. The van der Waals surface area contributed by atoms with E-state index in [1.165, 1.54) is 22.9 Å². The summed E-state index contributed by atoms with van der Waals surface area (Å²) in [7, 11) is 0. The lowest BCUT2D eigenvalue weighted by atomic mass is 10.1. The van der Waals surface area contributed by atoms with E-state index in [-0.39, 0.29) is 5.69 Å². The van der Waals surface area contributed by atoms with Crippen LogP contribution in [0.5, 0.6) is 0 Å². The van der Waals surface area contributed by atoms with Crippen molar-refractivity contribution in [2.24, 2.45) is 5.73 Å². The van der Waals surface area contributed by atoms with Crippen LogP contribution in [0.2, 0.25) is 0 Å². The first kappa shape index (κ1) is 12.7. The van der Waals surface area contributed by atoms with Gasteiger partial charge in [-0.05, 0) is 30.7 Å². The van der Waals surface area contributed by atoms with Gasteiger partial charge in [0.25, 0.3) is 0 Å². The maximum Gasteiger partial charge on any atom is 0.150 e. The van der Waals surface area contributed by atoms with Gasteiger partial charge in [0.05, 0.1) is 0 Å². The van der Waals surface area contributed by atoms with Crippen molar-refractivity contribution in [3.8, 4) is 5.69 Å².